The largest absolute Gasteiger partial charge is 0.496 e. The van der Waals surface area contributed by atoms with E-state index in [0.29, 0.717) is 28.2 Å². The van der Waals surface area contributed by atoms with Crippen LogP contribution in [0.25, 0.3) is 22.6 Å². The number of aromatic nitrogens is 2. The minimum Gasteiger partial charge on any atom is -0.496 e. The van der Waals surface area contributed by atoms with Crippen LogP contribution in [-0.4, -0.2) is 23.0 Å². The van der Waals surface area contributed by atoms with Crippen LogP contribution < -0.4 is 10.1 Å². The van der Waals surface area contributed by atoms with E-state index in [-0.39, 0.29) is 12.3 Å². The molecular weight excluding hydrogens is 422 g/mol. The average Bonchev–Trinajstić information content (AvgIpc) is 3.42. The molecule has 0 unspecified atom stereocenters. The van der Waals surface area contributed by atoms with Gasteiger partial charge in [0.1, 0.15) is 5.75 Å². The smallest absolute Gasteiger partial charge is 0.226 e. The van der Waals surface area contributed by atoms with Gasteiger partial charge in [-0.15, -0.1) is 11.3 Å². The number of hydrogen-bond donors (Lipinski definition) is 1. The molecule has 8 heteroatoms. The molecule has 0 radical (unpaired) electrons. The van der Waals surface area contributed by atoms with Gasteiger partial charge in [0.05, 0.1) is 19.0 Å². The SMILES string of the molecule is COc1ccccc1-c1csc(NC(=O)CCc2ncc(-c3ccc(Cl)cc3)o2)n1. The Morgan fingerprint density at radius 2 is 2.00 bits per heavy atom. The number of anilines is 1. The lowest BCUT2D eigenvalue weighted by Gasteiger charge is -2.05. The minimum absolute atomic E-state index is 0.151. The Morgan fingerprint density at radius 3 is 2.80 bits per heavy atom. The first-order valence-corrected chi connectivity index (χ1v) is 10.5. The number of aryl methyl sites for hydroxylation is 1. The zero-order valence-corrected chi connectivity index (χ0v) is 17.7. The number of benzene rings is 2. The summed E-state index contributed by atoms with van der Waals surface area (Å²) in [6.07, 6.45) is 2.28. The van der Waals surface area contributed by atoms with Crippen molar-refractivity contribution in [2.75, 3.05) is 12.4 Å². The predicted octanol–water partition coefficient (Wildman–Crippen LogP) is 5.70. The summed E-state index contributed by atoms with van der Waals surface area (Å²) in [5, 5.41) is 5.91. The third kappa shape index (κ3) is 4.69. The van der Waals surface area contributed by atoms with E-state index in [1.807, 2.05) is 41.8 Å². The number of methoxy groups -OCH3 is 1. The van der Waals surface area contributed by atoms with E-state index in [0.717, 1.165) is 22.6 Å². The maximum atomic E-state index is 12.3. The summed E-state index contributed by atoms with van der Waals surface area (Å²) in [5.41, 5.74) is 2.52. The fourth-order valence-corrected chi connectivity index (χ4v) is 3.74. The van der Waals surface area contributed by atoms with Crippen molar-refractivity contribution in [2.45, 2.75) is 12.8 Å². The maximum absolute atomic E-state index is 12.3. The highest BCUT2D eigenvalue weighted by Crippen LogP contribution is 2.32. The summed E-state index contributed by atoms with van der Waals surface area (Å²) in [7, 11) is 1.62. The molecule has 4 rings (SSSR count). The van der Waals surface area contributed by atoms with E-state index < -0.39 is 0 Å². The second-order valence-corrected chi connectivity index (χ2v) is 7.71. The molecule has 0 bridgehead atoms. The first-order valence-electron chi connectivity index (χ1n) is 9.22. The molecule has 0 saturated heterocycles. The number of hydrogen-bond acceptors (Lipinski definition) is 6. The van der Waals surface area contributed by atoms with E-state index in [1.165, 1.54) is 11.3 Å². The van der Waals surface area contributed by atoms with E-state index in [9.17, 15) is 4.79 Å². The van der Waals surface area contributed by atoms with Gasteiger partial charge in [0, 0.05) is 34.4 Å². The van der Waals surface area contributed by atoms with Gasteiger partial charge in [-0.2, -0.15) is 0 Å². The molecule has 1 amide bonds. The van der Waals surface area contributed by atoms with Gasteiger partial charge in [-0.25, -0.2) is 9.97 Å². The molecule has 0 aliphatic carbocycles. The number of ether oxygens (including phenoxy) is 1. The van der Waals surface area contributed by atoms with Crippen LogP contribution >= 0.6 is 22.9 Å². The molecule has 152 valence electrons. The molecular formula is C22H18ClN3O3S. The van der Waals surface area contributed by atoms with Crippen molar-refractivity contribution in [3.05, 3.63) is 71.0 Å². The predicted molar refractivity (Wildman–Crippen MR) is 118 cm³/mol. The average molecular weight is 440 g/mol. The van der Waals surface area contributed by atoms with Crippen molar-refractivity contribution in [2.24, 2.45) is 0 Å². The van der Waals surface area contributed by atoms with Crippen molar-refractivity contribution in [3.8, 4) is 28.3 Å². The third-order valence-electron chi connectivity index (χ3n) is 4.38. The van der Waals surface area contributed by atoms with Crippen LogP contribution in [0.1, 0.15) is 12.3 Å². The quantitative estimate of drug-likeness (QED) is 0.399. The zero-order chi connectivity index (χ0) is 20.9. The fraction of sp³-hybridized carbons (Fsp3) is 0.136. The van der Waals surface area contributed by atoms with Crippen molar-refractivity contribution in [1.29, 1.82) is 0 Å². The Kier molecular flexibility index (Phi) is 6.11. The highest BCUT2D eigenvalue weighted by atomic mass is 35.5. The van der Waals surface area contributed by atoms with Gasteiger partial charge in [-0.1, -0.05) is 23.7 Å². The lowest BCUT2D eigenvalue weighted by molar-refractivity contribution is -0.116. The van der Waals surface area contributed by atoms with E-state index in [1.54, 1.807) is 25.4 Å². The third-order valence-corrected chi connectivity index (χ3v) is 5.39. The van der Waals surface area contributed by atoms with Crippen LogP contribution in [0.2, 0.25) is 5.02 Å². The van der Waals surface area contributed by atoms with Crippen LogP contribution in [0.15, 0.2) is 64.5 Å². The number of halogens is 1. The molecule has 0 aliphatic rings. The molecule has 0 atom stereocenters. The highest BCUT2D eigenvalue weighted by molar-refractivity contribution is 7.14. The molecule has 6 nitrogen and oxygen atoms in total. The van der Waals surface area contributed by atoms with Gasteiger partial charge in [-0.3, -0.25) is 4.79 Å². The summed E-state index contributed by atoms with van der Waals surface area (Å²) in [5.74, 6) is 1.73. The van der Waals surface area contributed by atoms with Gasteiger partial charge >= 0.3 is 0 Å². The summed E-state index contributed by atoms with van der Waals surface area (Å²) in [6.45, 7) is 0. The first kappa shape index (κ1) is 20.1. The van der Waals surface area contributed by atoms with Crippen LogP contribution in [0.5, 0.6) is 5.75 Å². The molecule has 0 aliphatic heterocycles. The first-order chi connectivity index (χ1) is 14.6. The van der Waals surface area contributed by atoms with Gasteiger partial charge in [0.25, 0.3) is 0 Å². The second-order valence-electron chi connectivity index (χ2n) is 6.41. The summed E-state index contributed by atoms with van der Waals surface area (Å²) < 4.78 is 11.1. The lowest BCUT2D eigenvalue weighted by atomic mass is 10.1. The van der Waals surface area contributed by atoms with Crippen molar-refractivity contribution in [1.82, 2.24) is 9.97 Å². The Balaban J connectivity index is 1.35. The number of carbonyl (C=O) groups is 1. The van der Waals surface area contributed by atoms with Gasteiger partial charge in [0.2, 0.25) is 5.91 Å². The number of oxazole rings is 1. The minimum atomic E-state index is -0.151. The molecule has 4 aromatic rings. The number of amides is 1. The molecule has 2 aromatic carbocycles. The molecule has 2 aromatic heterocycles. The zero-order valence-electron chi connectivity index (χ0n) is 16.1. The second kappa shape index (κ2) is 9.11. The lowest BCUT2D eigenvalue weighted by Crippen LogP contribution is -2.12. The van der Waals surface area contributed by atoms with Crippen molar-refractivity contribution in [3.63, 3.8) is 0 Å². The number of nitrogens with zero attached hydrogens (tertiary/aromatic N) is 2. The highest BCUT2D eigenvalue weighted by Gasteiger charge is 2.13. The summed E-state index contributed by atoms with van der Waals surface area (Å²) in [4.78, 5) is 21.1. The van der Waals surface area contributed by atoms with Crippen LogP contribution in [-0.2, 0) is 11.2 Å². The number of para-hydroxylation sites is 1. The summed E-state index contributed by atoms with van der Waals surface area (Å²) >= 11 is 7.27. The van der Waals surface area contributed by atoms with Crippen LogP contribution in [0.3, 0.4) is 0 Å². The van der Waals surface area contributed by atoms with E-state index in [2.05, 4.69) is 15.3 Å². The topological polar surface area (TPSA) is 77.2 Å². The Hall–Kier alpha value is -3.16. The van der Waals surface area contributed by atoms with Gasteiger partial charge in [0.15, 0.2) is 16.8 Å². The normalized spacial score (nSPS) is 10.7. The fourth-order valence-electron chi connectivity index (χ4n) is 2.89. The monoisotopic (exact) mass is 439 g/mol. The van der Waals surface area contributed by atoms with Crippen molar-refractivity contribution < 1.29 is 13.9 Å². The Bertz CT molecular complexity index is 1150. The van der Waals surface area contributed by atoms with E-state index in [4.69, 9.17) is 20.8 Å². The van der Waals surface area contributed by atoms with Crippen LogP contribution in [0, 0.1) is 0 Å². The van der Waals surface area contributed by atoms with Gasteiger partial charge in [-0.05, 0) is 36.4 Å². The molecule has 30 heavy (non-hydrogen) atoms. The molecule has 2 heterocycles. The number of carbonyl (C=O) groups excluding carboxylic acids is 1. The van der Waals surface area contributed by atoms with Crippen LogP contribution in [0.4, 0.5) is 5.13 Å². The summed E-state index contributed by atoms with van der Waals surface area (Å²) in [6, 6.07) is 14.9. The number of rotatable bonds is 7. The Labute approximate surface area is 182 Å². The van der Waals surface area contributed by atoms with Crippen molar-refractivity contribution >= 4 is 34.0 Å². The standard InChI is InChI=1S/C22H18ClN3O3S/c1-28-18-5-3-2-4-16(18)17-13-30-22(25-17)26-20(27)10-11-21-24-12-19(29-21)14-6-8-15(23)9-7-14/h2-9,12-13H,10-11H2,1H3,(H,25,26,27). The van der Waals surface area contributed by atoms with E-state index >= 15 is 0 Å². The Morgan fingerprint density at radius 1 is 1.20 bits per heavy atom. The molecule has 0 spiro atoms. The number of thiazole rings is 1. The number of nitrogens with one attached hydrogen (secondary N) is 1. The molecule has 0 fully saturated rings. The molecule has 0 saturated carbocycles. The maximum Gasteiger partial charge on any atom is 0.226 e. The molecule has 1 N–H and O–H groups in total. The van der Waals surface area contributed by atoms with Gasteiger partial charge < -0.3 is 14.5 Å².